The highest BCUT2D eigenvalue weighted by Crippen LogP contribution is 2.58. The van der Waals surface area contributed by atoms with E-state index in [9.17, 15) is 4.79 Å². The molecule has 3 rings (SSSR count). The van der Waals surface area contributed by atoms with Gasteiger partial charge in [-0.2, -0.15) is 0 Å². The number of nitrogens with one attached hydrogen (secondary N) is 2. The van der Waals surface area contributed by atoms with E-state index in [0.717, 1.165) is 38.0 Å². The molecule has 1 unspecified atom stereocenters. The molecule has 0 radical (unpaired) electrons. The van der Waals surface area contributed by atoms with Gasteiger partial charge in [0, 0.05) is 11.6 Å². The van der Waals surface area contributed by atoms with E-state index in [1.807, 2.05) is 25.1 Å². The SMILES string of the molecule is Cc1cccc(NC(=O)C2CC23CCNCC3)n1.Cl.Cl. The summed E-state index contributed by atoms with van der Waals surface area (Å²) in [5.41, 5.74) is 1.22. The van der Waals surface area contributed by atoms with Crippen molar-refractivity contribution in [3.8, 4) is 0 Å². The van der Waals surface area contributed by atoms with Gasteiger partial charge in [-0.1, -0.05) is 6.07 Å². The van der Waals surface area contributed by atoms with Crippen LogP contribution in [0.15, 0.2) is 18.2 Å². The fraction of sp³-hybridized carbons (Fsp3) is 0.571. The molecule has 20 heavy (non-hydrogen) atoms. The molecular weight excluding hydrogens is 297 g/mol. The van der Waals surface area contributed by atoms with Crippen molar-refractivity contribution in [3.05, 3.63) is 23.9 Å². The molecule has 2 N–H and O–H groups in total. The molecule has 0 bridgehead atoms. The molecule has 1 aromatic rings. The molecule has 2 fully saturated rings. The Labute approximate surface area is 131 Å². The first-order chi connectivity index (χ1) is 8.70. The molecule has 1 spiro atoms. The van der Waals surface area contributed by atoms with E-state index in [0.29, 0.717) is 11.2 Å². The van der Waals surface area contributed by atoms with Crippen LogP contribution in [0.3, 0.4) is 0 Å². The molecule has 1 saturated heterocycles. The Bertz CT molecular complexity index is 475. The van der Waals surface area contributed by atoms with Gasteiger partial charge in [0.15, 0.2) is 0 Å². The lowest BCUT2D eigenvalue weighted by Gasteiger charge is -2.23. The number of hydrogen-bond acceptors (Lipinski definition) is 3. The minimum atomic E-state index is 0. The number of amides is 1. The summed E-state index contributed by atoms with van der Waals surface area (Å²) in [4.78, 5) is 16.5. The predicted molar refractivity (Wildman–Crippen MR) is 84.7 cm³/mol. The third-order valence-corrected chi connectivity index (χ3v) is 4.25. The summed E-state index contributed by atoms with van der Waals surface area (Å²) in [7, 11) is 0. The van der Waals surface area contributed by atoms with E-state index in [-0.39, 0.29) is 36.6 Å². The lowest BCUT2D eigenvalue weighted by Crippen LogP contribution is -2.31. The van der Waals surface area contributed by atoms with Gasteiger partial charge in [0.25, 0.3) is 0 Å². The number of rotatable bonds is 2. The van der Waals surface area contributed by atoms with Crippen molar-refractivity contribution in [1.29, 1.82) is 0 Å². The highest BCUT2D eigenvalue weighted by molar-refractivity contribution is 5.94. The van der Waals surface area contributed by atoms with Crippen molar-refractivity contribution in [2.24, 2.45) is 11.3 Å². The van der Waals surface area contributed by atoms with Gasteiger partial charge in [0.1, 0.15) is 5.82 Å². The van der Waals surface area contributed by atoms with Crippen LogP contribution in [0.2, 0.25) is 0 Å². The molecule has 4 nitrogen and oxygen atoms in total. The molecule has 0 aromatic carbocycles. The van der Waals surface area contributed by atoms with Crippen LogP contribution in [-0.2, 0) is 4.79 Å². The Kier molecular flexibility index (Phi) is 5.80. The van der Waals surface area contributed by atoms with E-state index in [1.54, 1.807) is 0 Å². The van der Waals surface area contributed by atoms with Crippen LogP contribution in [0.25, 0.3) is 0 Å². The summed E-state index contributed by atoms with van der Waals surface area (Å²) in [5.74, 6) is 1.02. The zero-order valence-corrected chi connectivity index (χ0v) is 13.1. The van der Waals surface area contributed by atoms with Gasteiger partial charge >= 0.3 is 0 Å². The number of pyridine rings is 1. The zero-order chi connectivity index (χ0) is 12.6. The molecule has 6 heteroatoms. The standard InChI is InChI=1S/C14H19N3O.2ClH/c1-10-3-2-4-12(16-10)17-13(18)11-9-14(11)5-7-15-8-6-14;;/h2-4,11,15H,5-9H2,1H3,(H,16,17,18);2*1H. The Hall–Kier alpha value is -0.840. The van der Waals surface area contributed by atoms with Crippen LogP contribution in [0.1, 0.15) is 25.0 Å². The Morgan fingerprint density at radius 1 is 1.35 bits per heavy atom. The van der Waals surface area contributed by atoms with Crippen LogP contribution in [-0.4, -0.2) is 24.0 Å². The molecule has 1 aliphatic heterocycles. The number of hydrogen-bond donors (Lipinski definition) is 2. The Morgan fingerprint density at radius 2 is 2.05 bits per heavy atom. The van der Waals surface area contributed by atoms with Crippen molar-refractivity contribution in [2.45, 2.75) is 26.2 Å². The van der Waals surface area contributed by atoms with Crippen LogP contribution >= 0.6 is 24.8 Å². The van der Waals surface area contributed by atoms with E-state index in [1.165, 1.54) is 0 Å². The minimum absolute atomic E-state index is 0. The molecule has 1 saturated carbocycles. The first-order valence-electron chi connectivity index (χ1n) is 6.65. The van der Waals surface area contributed by atoms with Crippen LogP contribution in [0.4, 0.5) is 5.82 Å². The number of carbonyl (C=O) groups excluding carboxylic acids is 1. The number of piperidine rings is 1. The Balaban J connectivity index is 0.000001000. The molecular formula is C14H21Cl2N3O. The summed E-state index contributed by atoms with van der Waals surface area (Å²) < 4.78 is 0. The summed E-state index contributed by atoms with van der Waals surface area (Å²) >= 11 is 0. The van der Waals surface area contributed by atoms with Gasteiger partial charge in [-0.05, 0) is 56.8 Å². The quantitative estimate of drug-likeness (QED) is 0.881. The highest BCUT2D eigenvalue weighted by atomic mass is 35.5. The third-order valence-electron chi connectivity index (χ3n) is 4.25. The topological polar surface area (TPSA) is 54.0 Å². The first-order valence-corrected chi connectivity index (χ1v) is 6.65. The van der Waals surface area contributed by atoms with E-state index in [4.69, 9.17) is 0 Å². The number of carbonyl (C=O) groups is 1. The summed E-state index contributed by atoms with van der Waals surface area (Å²) in [6.07, 6.45) is 3.31. The summed E-state index contributed by atoms with van der Waals surface area (Å²) in [6, 6.07) is 5.70. The number of aromatic nitrogens is 1. The summed E-state index contributed by atoms with van der Waals surface area (Å²) in [6.45, 7) is 4.03. The molecule has 1 atom stereocenters. The second kappa shape index (κ2) is 6.74. The minimum Gasteiger partial charge on any atom is -0.317 e. The lowest BCUT2D eigenvalue weighted by atomic mass is 9.92. The van der Waals surface area contributed by atoms with Crippen LogP contribution < -0.4 is 10.6 Å². The maximum absolute atomic E-state index is 12.2. The van der Waals surface area contributed by atoms with Crippen molar-refractivity contribution in [2.75, 3.05) is 18.4 Å². The van der Waals surface area contributed by atoms with Crippen molar-refractivity contribution in [1.82, 2.24) is 10.3 Å². The number of anilines is 1. The molecule has 1 aliphatic carbocycles. The Morgan fingerprint density at radius 3 is 2.70 bits per heavy atom. The lowest BCUT2D eigenvalue weighted by molar-refractivity contribution is -0.118. The smallest absolute Gasteiger partial charge is 0.229 e. The fourth-order valence-electron chi connectivity index (χ4n) is 3.02. The molecule has 1 amide bonds. The fourth-order valence-corrected chi connectivity index (χ4v) is 3.02. The zero-order valence-electron chi connectivity index (χ0n) is 11.5. The molecule has 2 heterocycles. The highest BCUT2D eigenvalue weighted by Gasteiger charge is 2.57. The average Bonchev–Trinajstić information content (AvgIpc) is 3.04. The number of halogens is 2. The maximum atomic E-state index is 12.2. The molecule has 1 aromatic heterocycles. The van der Waals surface area contributed by atoms with Gasteiger partial charge in [0.2, 0.25) is 5.91 Å². The predicted octanol–water partition coefficient (Wildman–Crippen LogP) is 2.56. The largest absolute Gasteiger partial charge is 0.317 e. The van der Waals surface area contributed by atoms with Crippen LogP contribution in [0, 0.1) is 18.3 Å². The van der Waals surface area contributed by atoms with E-state index >= 15 is 0 Å². The van der Waals surface area contributed by atoms with Crippen molar-refractivity contribution < 1.29 is 4.79 Å². The second-order valence-electron chi connectivity index (χ2n) is 5.52. The van der Waals surface area contributed by atoms with Gasteiger partial charge < -0.3 is 10.6 Å². The molecule has 112 valence electrons. The van der Waals surface area contributed by atoms with E-state index in [2.05, 4.69) is 15.6 Å². The van der Waals surface area contributed by atoms with Gasteiger partial charge in [0.05, 0.1) is 0 Å². The molecule has 2 aliphatic rings. The first kappa shape index (κ1) is 17.2. The third kappa shape index (κ3) is 3.43. The second-order valence-corrected chi connectivity index (χ2v) is 5.52. The van der Waals surface area contributed by atoms with Gasteiger partial charge in [-0.3, -0.25) is 4.79 Å². The number of aryl methyl sites for hydroxylation is 1. The maximum Gasteiger partial charge on any atom is 0.229 e. The normalized spacial score (nSPS) is 22.4. The van der Waals surface area contributed by atoms with Crippen molar-refractivity contribution >= 4 is 36.5 Å². The van der Waals surface area contributed by atoms with Gasteiger partial charge in [-0.25, -0.2) is 4.98 Å². The summed E-state index contributed by atoms with van der Waals surface area (Å²) in [5, 5.41) is 6.30. The van der Waals surface area contributed by atoms with Gasteiger partial charge in [-0.15, -0.1) is 24.8 Å². The van der Waals surface area contributed by atoms with Crippen LogP contribution in [0.5, 0.6) is 0 Å². The van der Waals surface area contributed by atoms with E-state index < -0.39 is 0 Å². The number of nitrogens with zero attached hydrogens (tertiary/aromatic N) is 1. The average molecular weight is 318 g/mol. The van der Waals surface area contributed by atoms with Crippen molar-refractivity contribution in [3.63, 3.8) is 0 Å². The monoisotopic (exact) mass is 317 g/mol.